The molecule has 2 aromatic rings. The highest BCUT2D eigenvalue weighted by Gasteiger charge is 2.12. The van der Waals surface area contributed by atoms with Crippen LogP contribution in [0.25, 0.3) is 5.52 Å². The average molecular weight is 233 g/mol. The van der Waals surface area contributed by atoms with Crippen molar-refractivity contribution >= 4 is 17.0 Å². The van der Waals surface area contributed by atoms with E-state index in [4.69, 9.17) is 10.8 Å². The number of aliphatic hydroxyl groups is 1. The Balaban J connectivity index is 2.23. The molecule has 3 N–H and O–H groups in total. The number of Topliss-reactive ketones (excluding diaryl/α,β-unsaturated/α-hetero) is 1. The van der Waals surface area contributed by atoms with Gasteiger partial charge in [0.1, 0.15) is 0 Å². The second kappa shape index (κ2) is 4.97. The molecule has 0 spiro atoms. The second-order valence-corrected chi connectivity index (χ2v) is 3.95. The Morgan fingerprint density at radius 1 is 1.47 bits per heavy atom. The first kappa shape index (κ1) is 11.6. The number of carbonyl (C=O) groups excluding carboxylic acids is 1. The fraction of sp³-hybridized carbons (Fsp3) is 0.333. The summed E-state index contributed by atoms with van der Waals surface area (Å²) >= 11 is 0. The Labute approximate surface area is 98.9 Å². The summed E-state index contributed by atoms with van der Waals surface area (Å²) in [5.74, 6) is 0.0408. The van der Waals surface area contributed by atoms with Crippen molar-refractivity contribution in [3.8, 4) is 0 Å². The minimum Gasteiger partial charge on any atom is -0.399 e. The summed E-state index contributed by atoms with van der Waals surface area (Å²) in [6.07, 6.45) is 5.06. The van der Waals surface area contributed by atoms with Gasteiger partial charge in [0.05, 0.1) is 17.3 Å². The van der Waals surface area contributed by atoms with E-state index < -0.39 is 0 Å². The Morgan fingerprint density at radius 2 is 2.29 bits per heavy atom. The van der Waals surface area contributed by atoms with E-state index in [1.165, 1.54) is 0 Å². The first-order valence-corrected chi connectivity index (χ1v) is 5.59. The average Bonchev–Trinajstić information content (AvgIpc) is 2.72. The molecule has 0 saturated carbocycles. The molecular formula is C12H15N3O2. The van der Waals surface area contributed by atoms with Crippen molar-refractivity contribution in [3.05, 3.63) is 30.1 Å². The van der Waals surface area contributed by atoms with Crippen LogP contribution in [0.5, 0.6) is 0 Å². The van der Waals surface area contributed by atoms with Gasteiger partial charge in [0.25, 0.3) is 0 Å². The smallest absolute Gasteiger partial charge is 0.166 e. The lowest BCUT2D eigenvalue weighted by Crippen LogP contribution is -2.00. The summed E-state index contributed by atoms with van der Waals surface area (Å²) in [5, 5.41) is 12.8. The van der Waals surface area contributed by atoms with Crippen molar-refractivity contribution in [1.29, 1.82) is 0 Å². The number of nitrogens with two attached hydrogens (primary N) is 1. The molecule has 0 radical (unpaired) electrons. The quantitative estimate of drug-likeness (QED) is 0.602. The van der Waals surface area contributed by atoms with E-state index in [0.29, 0.717) is 30.5 Å². The van der Waals surface area contributed by atoms with Crippen molar-refractivity contribution in [3.63, 3.8) is 0 Å². The van der Waals surface area contributed by atoms with Gasteiger partial charge in [-0.3, -0.25) is 4.79 Å². The maximum atomic E-state index is 11.9. The third-order valence-electron chi connectivity index (χ3n) is 2.66. The molecular weight excluding hydrogens is 218 g/mol. The van der Waals surface area contributed by atoms with Crippen LogP contribution in [-0.2, 0) is 0 Å². The van der Waals surface area contributed by atoms with Gasteiger partial charge < -0.3 is 10.8 Å². The number of anilines is 1. The third-order valence-corrected chi connectivity index (χ3v) is 2.66. The number of nitrogen functional groups attached to an aromatic ring is 1. The van der Waals surface area contributed by atoms with Crippen molar-refractivity contribution in [2.24, 2.45) is 0 Å². The van der Waals surface area contributed by atoms with Gasteiger partial charge in [-0.1, -0.05) is 0 Å². The summed E-state index contributed by atoms with van der Waals surface area (Å²) in [7, 11) is 0. The van der Waals surface area contributed by atoms with Crippen LogP contribution in [0, 0.1) is 0 Å². The summed E-state index contributed by atoms with van der Waals surface area (Å²) in [5.41, 5.74) is 7.63. The van der Waals surface area contributed by atoms with Crippen LogP contribution in [0.2, 0.25) is 0 Å². The summed E-state index contributed by atoms with van der Waals surface area (Å²) in [6, 6.07) is 3.48. The lowest BCUT2D eigenvalue weighted by atomic mass is 10.1. The summed E-state index contributed by atoms with van der Waals surface area (Å²) < 4.78 is 1.63. The fourth-order valence-corrected chi connectivity index (χ4v) is 1.74. The van der Waals surface area contributed by atoms with Crippen LogP contribution in [-0.4, -0.2) is 27.1 Å². The standard InChI is InChI=1S/C12H15N3O2/c13-9-4-5-15-11(7-9)10(8-14-15)12(17)3-1-2-6-16/h4-5,7-8,16H,1-3,6,13H2. The van der Waals surface area contributed by atoms with Crippen LogP contribution in [0.15, 0.2) is 24.5 Å². The molecule has 0 saturated heterocycles. The maximum Gasteiger partial charge on any atom is 0.166 e. The van der Waals surface area contributed by atoms with E-state index in [2.05, 4.69) is 5.10 Å². The molecule has 17 heavy (non-hydrogen) atoms. The number of unbranched alkanes of at least 4 members (excludes halogenated alkanes) is 1. The molecule has 2 heterocycles. The van der Waals surface area contributed by atoms with E-state index in [-0.39, 0.29) is 12.4 Å². The number of hydrogen-bond acceptors (Lipinski definition) is 4. The molecule has 5 heteroatoms. The van der Waals surface area contributed by atoms with Crippen molar-refractivity contribution in [2.75, 3.05) is 12.3 Å². The number of aliphatic hydroxyl groups excluding tert-OH is 1. The Morgan fingerprint density at radius 3 is 3.06 bits per heavy atom. The number of ketones is 1. The van der Waals surface area contributed by atoms with Crippen LogP contribution in [0.4, 0.5) is 5.69 Å². The van der Waals surface area contributed by atoms with Crippen LogP contribution in [0.1, 0.15) is 29.6 Å². The Hall–Kier alpha value is -1.88. The van der Waals surface area contributed by atoms with Crippen LogP contribution >= 0.6 is 0 Å². The lowest BCUT2D eigenvalue weighted by molar-refractivity contribution is 0.0979. The molecule has 0 atom stereocenters. The molecule has 2 rings (SSSR count). The first-order chi connectivity index (χ1) is 8.22. The van der Waals surface area contributed by atoms with E-state index in [1.807, 2.05) is 0 Å². The molecule has 0 aliphatic rings. The number of rotatable bonds is 5. The molecule has 5 nitrogen and oxygen atoms in total. The number of nitrogens with zero attached hydrogens (tertiary/aromatic N) is 2. The van der Waals surface area contributed by atoms with Crippen molar-refractivity contribution in [2.45, 2.75) is 19.3 Å². The third kappa shape index (κ3) is 2.45. The van der Waals surface area contributed by atoms with Gasteiger partial charge in [-0.2, -0.15) is 5.10 Å². The van der Waals surface area contributed by atoms with Crippen molar-refractivity contribution < 1.29 is 9.90 Å². The summed E-state index contributed by atoms with van der Waals surface area (Å²) in [4.78, 5) is 11.9. The number of fused-ring (bicyclic) bond motifs is 1. The molecule has 0 bridgehead atoms. The Kier molecular flexibility index (Phi) is 3.39. The monoisotopic (exact) mass is 233 g/mol. The Bertz CT molecular complexity index is 534. The highest BCUT2D eigenvalue weighted by atomic mass is 16.2. The first-order valence-electron chi connectivity index (χ1n) is 5.59. The minimum atomic E-state index is 0.0408. The van der Waals surface area contributed by atoms with Gasteiger partial charge in [-0.15, -0.1) is 0 Å². The molecule has 0 aliphatic carbocycles. The maximum absolute atomic E-state index is 11.9. The van der Waals surface area contributed by atoms with Crippen LogP contribution in [0.3, 0.4) is 0 Å². The highest BCUT2D eigenvalue weighted by molar-refractivity contribution is 6.02. The highest BCUT2D eigenvalue weighted by Crippen LogP contribution is 2.16. The molecule has 0 fully saturated rings. The second-order valence-electron chi connectivity index (χ2n) is 3.95. The number of carbonyl (C=O) groups is 1. The SMILES string of the molecule is Nc1ccn2ncc(C(=O)CCCCO)c2c1. The number of aromatic nitrogens is 2. The minimum absolute atomic E-state index is 0.0408. The van der Waals surface area contributed by atoms with Gasteiger partial charge in [0.2, 0.25) is 0 Å². The number of hydrogen-bond donors (Lipinski definition) is 2. The predicted molar refractivity (Wildman–Crippen MR) is 64.9 cm³/mol. The summed E-state index contributed by atoms with van der Waals surface area (Å²) in [6.45, 7) is 0.120. The number of pyridine rings is 1. The van der Waals surface area contributed by atoms with Crippen LogP contribution < -0.4 is 5.73 Å². The van der Waals surface area contributed by atoms with Gasteiger partial charge in [0.15, 0.2) is 5.78 Å². The molecule has 0 unspecified atom stereocenters. The molecule has 0 aliphatic heterocycles. The molecule has 0 aromatic carbocycles. The zero-order valence-electron chi connectivity index (χ0n) is 9.47. The van der Waals surface area contributed by atoms with E-state index in [0.717, 1.165) is 5.52 Å². The lowest BCUT2D eigenvalue weighted by Gasteiger charge is -1.99. The normalized spacial score (nSPS) is 10.9. The van der Waals surface area contributed by atoms with Crippen molar-refractivity contribution in [1.82, 2.24) is 9.61 Å². The zero-order valence-corrected chi connectivity index (χ0v) is 9.47. The van der Waals surface area contributed by atoms with Gasteiger partial charge in [-0.25, -0.2) is 4.52 Å². The fourth-order valence-electron chi connectivity index (χ4n) is 1.74. The van der Waals surface area contributed by atoms with E-state index in [9.17, 15) is 4.79 Å². The van der Waals surface area contributed by atoms with E-state index >= 15 is 0 Å². The molecule has 2 aromatic heterocycles. The zero-order chi connectivity index (χ0) is 12.3. The van der Waals surface area contributed by atoms with Gasteiger partial charge in [0, 0.05) is 24.9 Å². The van der Waals surface area contributed by atoms with Gasteiger partial charge >= 0.3 is 0 Å². The largest absolute Gasteiger partial charge is 0.399 e. The van der Waals surface area contributed by atoms with E-state index in [1.54, 1.807) is 29.0 Å². The topological polar surface area (TPSA) is 80.6 Å². The predicted octanol–water partition coefficient (Wildman–Crippen LogP) is 1.26. The molecule has 90 valence electrons. The molecule has 0 amide bonds. The van der Waals surface area contributed by atoms with Gasteiger partial charge in [-0.05, 0) is 25.0 Å².